The zero-order valence-electron chi connectivity index (χ0n) is 27.2. The maximum Gasteiger partial charge on any atom is 0.338 e. The molecule has 0 aliphatic rings. The highest BCUT2D eigenvalue weighted by atomic mass is 16.6. The molecule has 0 heterocycles. The molecule has 0 aromatic heterocycles. The van der Waals surface area contributed by atoms with Crippen LogP contribution < -0.4 is 18.9 Å². The Kier molecular flexibility index (Phi) is 10.7. The Labute approximate surface area is 279 Å². The lowest BCUT2D eigenvalue weighted by Crippen LogP contribution is -2.11. The molecule has 0 N–H and O–H groups in total. The standard InChI is InChI=1S/C40H34O8/c1-23(2)37(41)45-32-17-18-35(36(22-32)48-40(44)26(7)8)30-15-13-28(14-16-30)27-9-11-29(12-10-27)31-19-33(46-38(42)24(3)4)21-34(20-31)47-39(43)25(5)6/h9-22H,1,3,5,7H2,2,4,6,8H3. The van der Waals surface area contributed by atoms with E-state index in [2.05, 4.69) is 26.3 Å². The molecule has 0 spiro atoms. The Morgan fingerprint density at radius 1 is 0.396 bits per heavy atom. The summed E-state index contributed by atoms with van der Waals surface area (Å²) in [6, 6.07) is 24.9. The van der Waals surface area contributed by atoms with Crippen molar-refractivity contribution in [2.45, 2.75) is 27.7 Å². The van der Waals surface area contributed by atoms with E-state index in [4.69, 9.17) is 18.9 Å². The summed E-state index contributed by atoms with van der Waals surface area (Å²) < 4.78 is 21.8. The summed E-state index contributed by atoms with van der Waals surface area (Å²) in [6.07, 6.45) is 0. The predicted molar refractivity (Wildman–Crippen MR) is 185 cm³/mol. The summed E-state index contributed by atoms with van der Waals surface area (Å²) in [5.74, 6) is -1.62. The van der Waals surface area contributed by atoms with Gasteiger partial charge in [-0.25, -0.2) is 19.2 Å². The van der Waals surface area contributed by atoms with Crippen molar-refractivity contribution < 1.29 is 38.1 Å². The smallest absolute Gasteiger partial charge is 0.338 e. The van der Waals surface area contributed by atoms with Gasteiger partial charge >= 0.3 is 23.9 Å². The second-order valence-corrected chi connectivity index (χ2v) is 11.2. The van der Waals surface area contributed by atoms with Gasteiger partial charge in [0.25, 0.3) is 0 Å². The van der Waals surface area contributed by atoms with Crippen LogP contribution in [-0.4, -0.2) is 23.9 Å². The average molecular weight is 643 g/mol. The Morgan fingerprint density at radius 2 is 0.750 bits per heavy atom. The minimum absolute atomic E-state index is 0.194. The van der Waals surface area contributed by atoms with Crippen molar-refractivity contribution in [2.75, 3.05) is 0 Å². The topological polar surface area (TPSA) is 105 Å². The van der Waals surface area contributed by atoms with Crippen LogP contribution in [0.4, 0.5) is 0 Å². The molecule has 8 heteroatoms. The molecule has 48 heavy (non-hydrogen) atoms. The van der Waals surface area contributed by atoms with Crippen LogP contribution in [0.5, 0.6) is 23.0 Å². The Balaban J connectivity index is 1.63. The summed E-state index contributed by atoms with van der Waals surface area (Å²) in [4.78, 5) is 48.8. The third-order valence-electron chi connectivity index (χ3n) is 6.81. The van der Waals surface area contributed by atoms with E-state index >= 15 is 0 Å². The van der Waals surface area contributed by atoms with E-state index in [0.29, 0.717) is 11.1 Å². The second-order valence-electron chi connectivity index (χ2n) is 11.2. The lowest BCUT2D eigenvalue weighted by atomic mass is 9.97. The minimum Gasteiger partial charge on any atom is -0.423 e. The highest BCUT2D eigenvalue weighted by Gasteiger charge is 2.16. The molecule has 0 radical (unpaired) electrons. The van der Waals surface area contributed by atoms with Crippen LogP contribution in [0.2, 0.25) is 0 Å². The van der Waals surface area contributed by atoms with Crippen LogP contribution in [0.15, 0.2) is 134 Å². The number of benzene rings is 4. The van der Waals surface area contributed by atoms with E-state index in [1.165, 1.54) is 32.9 Å². The predicted octanol–water partition coefficient (Wildman–Crippen LogP) is 8.61. The molecular weight excluding hydrogens is 608 g/mol. The fraction of sp³-hybridized carbons (Fsp3) is 0.100. The normalized spacial score (nSPS) is 10.3. The molecule has 0 bridgehead atoms. The SMILES string of the molecule is C=C(C)C(=O)Oc1cc(OC(=O)C(=C)C)cc(-c2ccc(-c3ccc(-c4ccc(OC(=O)C(=C)C)cc4OC(=O)C(=C)C)cc3)cc2)c1. The van der Waals surface area contributed by atoms with E-state index in [-0.39, 0.29) is 45.3 Å². The quantitative estimate of drug-likeness (QED) is 0.0910. The molecule has 0 aliphatic carbocycles. The molecule has 0 amide bonds. The first-order valence-electron chi connectivity index (χ1n) is 14.7. The fourth-order valence-electron chi connectivity index (χ4n) is 4.21. The van der Waals surface area contributed by atoms with Crippen molar-refractivity contribution in [3.05, 3.63) is 134 Å². The van der Waals surface area contributed by atoms with Crippen molar-refractivity contribution in [2.24, 2.45) is 0 Å². The number of carbonyl (C=O) groups is 4. The zero-order valence-corrected chi connectivity index (χ0v) is 27.2. The van der Waals surface area contributed by atoms with Gasteiger partial charge in [-0.05, 0) is 79.8 Å². The molecular formula is C40H34O8. The number of carbonyl (C=O) groups excluding carboxylic acids is 4. The van der Waals surface area contributed by atoms with Gasteiger partial charge in [-0.2, -0.15) is 0 Å². The van der Waals surface area contributed by atoms with Crippen molar-refractivity contribution in [3.8, 4) is 56.4 Å². The molecule has 0 saturated heterocycles. The highest BCUT2D eigenvalue weighted by Crippen LogP contribution is 2.36. The molecule has 0 saturated carbocycles. The van der Waals surface area contributed by atoms with E-state index in [0.717, 1.165) is 22.3 Å². The summed E-state index contributed by atoms with van der Waals surface area (Å²) in [5.41, 5.74) is 5.53. The number of rotatable bonds is 11. The van der Waals surface area contributed by atoms with Gasteiger partial charge in [0.15, 0.2) is 0 Å². The van der Waals surface area contributed by atoms with Crippen molar-refractivity contribution in [1.82, 2.24) is 0 Å². The third-order valence-corrected chi connectivity index (χ3v) is 6.81. The van der Waals surface area contributed by atoms with Gasteiger partial charge in [-0.1, -0.05) is 74.8 Å². The Hall–Kier alpha value is -6.28. The number of hydrogen-bond donors (Lipinski definition) is 0. The Morgan fingerprint density at radius 3 is 1.17 bits per heavy atom. The molecule has 0 atom stereocenters. The molecule has 8 nitrogen and oxygen atoms in total. The lowest BCUT2D eigenvalue weighted by molar-refractivity contribution is -0.131. The molecule has 4 aromatic carbocycles. The van der Waals surface area contributed by atoms with Gasteiger partial charge < -0.3 is 18.9 Å². The molecule has 242 valence electrons. The first-order chi connectivity index (χ1) is 22.7. The van der Waals surface area contributed by atoms with E-state index in [9.17, 15) is 19.2 Å². The van der Waals surface area contributed by atoms with Gasteiger partial charge in [-0.3, -0.25) is 0 Å². The van der Waals surface area contributed by atoms with Crippen LogP contribution in [0.25, 0.3) is 33.4 Å². The largest absolute Gasteiger partial charge is 0.423 e. The van der Waals surface area contributed by atoms with Crippen molar-refractivity contribution in [1.29, 1.82) is 0 Å². The van der Waals surface area contributed by atoms with Crippen LogP contribution in [0.3, 0.4) is 0 Å². The molecule has 0 fully saturated rings. The van der Waals surface area contributed by atoms with E-state index in [1.54, 1.807) is 31.2 Å². The second kappa shape index (κ2) is 14.9. The first kappa shape index (κ1) is 34.6. The summed E-state index contributed by atoms with van der Waals surface area (Å²) in [6.45, 7) is 20.6. The van der Waals surface area contributed by atoms with Crippen LogP contribution in [-0.2, 0) is 19.2 Å². The van der Waals surface area contributed by atoms with E-state index in [1.807, 2.05) is 48.5 Å². The summed E-state index contributed by atoms with van der Waals surface area (Å²) >= 11 is 0. The van der Waals surface area contributed by atoms with E-state index < -0.39 is 23.9 Å². The average Bonchev–Trinajstić information content (AvgIpc) is 3.04. The van der Waals surface area contributed by atoms with Gasteiger partial charge in [0.1, 0.15) is 23.0 Å². The summed E-state index contributed by atoms with van der Waals surface area (Å²) in [5, 5.41) is 0. The lowest BCUT2D eigenvalue weighted by Gasteiger charge is -2.13. The van der Waals surface area contributed by atoms with Crippen molar-refractivity contribution >= 4 is 23.9 Å². The molecule has 4 aromatic rings. The fourth-order valence-corrected chi connectivity index (χ4v) is 4.21. The molecule has 4 rings (SSSR count). The van der Waals surface area contributed by atoms with Gasteiger partial charge in [0.2, 0.25) is 0 Å². The van der Waals surface area contributed by atoms with Crippen LogP contribution >= 0.6 is 0 Å². The van der Waals surface area contributed by atoms with Gasteiger partial charge in [0.05, 0.1) is 0 Å². The molecule has 0 aliphatic heterocycles. The van der Waals surface area contributed by atoms with Crippen molar-refractivity contribution in [3.63, 3.8) is 0 Å². The Bertz CT molecular complexity index is 1930. The monoisotopic (exact) mass is 642 g/mol. The van der Waals surface area contributed by atoms with Gasteiger partial charge in [-0.15, -0.1) is 0 Å². The van der Waals surface area contributed by atoms with Crippen LogP contribution in [0.1, 0.15) is 27.7 Å². The van der Waals surface area contributed by atoms with Crippen LogP contribution in [0, 0.1) is 0 Å². The zero-order chi connectivity index (χ0) is 35.1. The maximum absolute atomic E-state index is 12.4. The molecule has 0 unspecified atom stereocenters. The summed E-state index contributed by atoms with van der Waals surface area (Å²) in [7, 11) is 0. The number of esters is 4. The number of hydrogen-bond acceptors (Lipinski definition) is 8. The first-order valence-corrected chi connectivity index (χ1v) is 14.7. The van der Waals surface area contributed by atoms with Gasteiger partial charge in [0, 0.05) is 40.0 Å². The minimum atomic E-state index is -0.614. The third kappa shape index (κ3) is 8.70. The number of ether oxygens (including phenoxy) is 4. The maximum atomic E-state index is 12.4. The highest BCUT2D eigenvalue weighted by molar-refractivity contribution is 5.92.